The highest BCUT2D eigenvalue weighted by Crippen LogP contribution is 2.40. The fraction of sp³-hybridized carbons (Fsp3) is 0.111. The minimum atomic E-state index is 0.0823. The lowest BCUT2D eigenvalue weighted by Gasteiger charge is -2.09. The number of anilines is 1. The number of fused-ring (bicyclic) bond motifs is 1. The molecule has 5 nitrogen and oxygen atoms in total. The average Bonchev–Trinajstić information content (AvgIpc) is 2.60. The lowest BCUT2D eigenvalue weighted by Crippen LogP contribution is -1.89. The monoisotopic (exact) mass is 307 g/mol. The second-order valence-corrected chi connectivity index (χ2v) is 4.96. The summed E-state index contributed by atoms with van der Waals surface area (Å²) in [6.07, 6.45) is 0. The van der Waals surface area contributed by atoms with Gasteiger partial charge in [0.15, 0.2) is 0 Å². The summed E-state index contributed by atoms with van der Waals surface area (Å²) in [4.78, 5) is 0. The van der Waals surface area contributed by atoms with E-state index >= 15 is 0 Å². The molecule has 0 fully saturated rings. The normalized spacial score (nSPS) is 11.0. The second-order valence-electron chi connectivity index (χ2n) is 4.96. The Bertz CT molecular complexity index is 875. The first-order valence-electron chi connectivity index (χ1n) is 7.22. The SMILES string of the molecule is CNc1cccc2ccc(O)c(N=Nc3ccccc3OC)c12. The van der Waals surface area contributed by atoms with Crippen LogP contribution in [0.25, 0.3) is 10.8 Å². The van der Waals surface area contributed by atoms with Gasteiger partial charge in [0, 0.05) is 18.1 Å². The van der Waals surface area contributed by atoms with Crippen molar-refractivity contribution in [3.05, 3.63) is 54.6 Å². The smallest absolute Gasteiger partial charge is 0.146 e. The number of hydrogen-bond acceptors (Lipinski definition) is 5. The molecule has 0 saturated carbocycles. The molecule has 0 spiro atoms. The molecule has 0 aliphatic heterocycles. The molecule has 0 bridgehead atoms. The van der Waals surface area contributed by atoms with Crippen LogP contribution in [0.1, 0.15) is 0 Å². The van der Waals surface area contributed by atoms with E-state index in [-0.39, 0.29) is 5.75 Å². The molecule has 3 aromatic carbocycles. The topological polar surface area (TPSA) is 66.2 Å². The molecule has 0 amide bonds. The Kier molecular flexibility index (Phi) is 4.10. The average molecular weight is 307 g/mol. The molecule has 0 saturated heterocycles. The minimum Gasteiger partial charge on any atom is -0.506 e. The largest absolute Gasteiger partial charge is 0.506 e. The zero-order valence-electron chi connectivity index (χ0n) is 12.9. The van der Waals surface area contributed by atoms with Crippen LogP contribution in [0.4, 0.5) is 17.1 Å². The van der Waals surface area contributed by atoms with Crippen LogP contribution in [0.15, 0.2) is 64.8 Å². The summed E-state index contributed by atoms with van der Waals surface area (Å²) in [7, 11) is 3.42. The van der Waals surface area contributed by atoms with E-state index in [9.17, 15) is 5.11 Å². The molecular formula is C18H17N3O2. The van der Waals surface area contributed by atoms with E-state index in [1.165, 1.54) is 0 Å². The molecule has 2 N–H and O–H groups in total. The highest BCUT2D eigenvalue weighted by atomic mass is 16.5. The van der Waals surface area contributed by atoms with Crippen molar-refractivity contribution in [3.8, 4) is 11.5 Å². The third-order valence-corrected chi connectivity index (χ3v) is 3.61. The van der Waals surface area contributed by atoms with Crippen molar-refractivity contribution < 1.29 is 9.84 Å². The van der Waals surface area contributed by atoms with E-state index in [0.717, 1.165) is 16.5 Å². The van der Waals surface area contributed by atoms with Crippen molar-refractivity contribution in [2.24, 2.45) is 10.2 Å². The Hall–Kier alpha value is -3.08. The predicted molar refractivity (Wildman–Crippen MR) is 92.3 cm³/mol. The van der Waals surface area contributed by atoms with E-state index in [1.54, 1.807) is 13.2 Å². The fourth-order valence-electron chi connectivity index (χ4n) is 2.47. The number of phenols is 1. The predicted octanol–water partition coefficient (Wildman–Crippen LogP) is 5.01. The summed E-state index contributed by atoms with van der Waals surface area (Å²) in [6.45, 7) is 0. The van der Waals surface area contributed by atoms with E-state index in [2.05, 4.69) is 15.5 Å². The van der Waals surface area contributed by atoms with Gasteiger partial charge in [-0.2, -0.15) is 0 Å². The lowest BCUT2D eigenvalue weighted by atomic mass is 10.1. The van der Waals surface area contributed by atoms with Gasteiger partial charge in [0.2, 0.25) is 0 Å². The van der Waals surface area contributed by atoms with Crippen LogP contribution < -0.4 is 10.1 Å². The first kappa shape index (κ1) is 14.8. The summed E-state index contributed by atoms with van der Waals surface area (Å²) in [5.74, 6) is 0.712. The number of nitrogens with one attached hydrogen (secondary N) is 1. The van der Waals surface area contributed by atoms with Crippen LogP contribution in [0.3, 0.4) is 0 Å². The zero-order valence-corrected chi connectivity index (χ0v) is 12.9. The number of nitrogens with zero attached hydrogens (tertiary/aromatic N) is 2. The summed E-state index contributed by atoms with van der Waals surface area (Å²) in [6, 6.07) is 16.7. The number of methoxy groups -OCH3 is 1. The third-order valence-electron chi connectivity index (χ3n) is 3.61. The van der Waals surface area contributed by atoms with Gasteiger partial charge < -0.3 is 15.2 Å². The van der Waals surface area contributed by atoms with Crippen LogP contribution in [-0.4, -0.2) is 19.3 Å². The number of phenolic OH excluding ortho intramolecular Hbond substituents is 1. The zero-order chi connectivity index (χ0) is 16.2. The molecule has 0 aliphatic carbocycles. The van der Waals surface area contributed by atoms with Crippen molar-refractivity contribution in [1.29, 1.82) is 0 Å². The summed E-state index contributed by atoms with van der Waals surface area (Å²) < 4.78 is 5.27. The molecule has 0 aromatic heterocycles. The second kappa shape index (κ2) is 6.36. The van der Waals surface area contributed by atoms with Crippen LogP contribution in [-0.2, 0) is 0 Å². The van der Waals surface area contributed by atoms with Gasteiger partial charge in [0.25, 0.3) is 0 Å². The van der Waals surface area contributed by atoms with Crippen molar-refractivity contribution >= 4 is 27.8 Å². The first-order valence-corrected chi connectivity index (χ1v) is 7.22. The van der Waals surface area contributed by atoms with Crippen molar-refractivity contribution in [3.63, 3.8) is 0 Å². The summed E-state index contributed by atoms with van der Waals surface area (Å²) >= 11 is 0. The highest BCUT2D eigenvalue weighted by Gasteiger charge is 2.10. The van der Waals surface area contributed by atoms with Crippen molar-refractivity contribution in [1.82, 2.24) is 0 Å². The molecule has 0 aliphatic rings. The fourth-order valence-corrected chi connectivity index (χ4v) is 2.47. The number of azo groups is 1. The van der Waals surface area contributed by atoms with Crippen LogP contribution in [0.5, 0.6) is 11.5 Å². The van der Waals surface area contributed by atoms with E-state index in [0.29, 0.717) is 17.1 Å². The minimum absolute atomic E-state index is 0.0823. The molecule has 0 heterocycles. The van der Waals surface area contributed by atoms with Crippen molar-refractivity contribution in [2.45, 2.75) is 0 Å². The number of benzene rings is 3. The van der Waals surface area contributed by atoms with Gasteiger partial charge in [-0.15, -0.1) is 10.2 Å². The Labute approximate surface area is 134 Å². The van der Waals surface area contributed by atoms with Gasteiger partial charge in [-0.25, -0.2) is 0 Å². The van der Waals surface area contributed by atoms with E-state index in [1.807, 2.05) is 55.6 Å². The molecule has 3 rings (SSSR count). The highest BCUT2D eigenvalue weighted by molar-refractivity contribution is 6.04. The Balaban J connectivity index is 2.16. The lowest BCUT2D eigenvalue weighted by molar-refractivity contribution is 0.416. The third kappa shape index (κ3) is 2.81. The molecule has 23 heavy (non-hydrogen) atoms. The van der Waals surface area contributed by atoms with Gasteiger partial charge in [0.05, 0.1) is 7.11 Å². The summed E-state index contributed by atoms with van der Waals surface area (Å²) in [5.41, 5.74) is 1.92. The molecule has 0 radical (unpaired) electrons. The first-order chi connectivity index (χ1) is 11.2. The Morgan fingerprint density at radius 1 is 0.957 bits per heavy atom. The molecule has 5 heteroatoms. The van der Waals surface area contributed by atoms with Crippen molar-refractivity contribution in [2.75, 3.05) is 19.5 Å². The molecule has 0 atom stereocenters. The number of ether oxygens (including phenoxy) is 1. The molecular weight excluding hydrogens is 290 g/mol. The maximum atomic E-state index is 10.2. The molecule has 3 aromatic rings. The van der Waals surface area contributed by atoms with Gasteiger partial charge in [-0.05, 0) is 29.7 Å². The Morgan fingerprint density at radius 3 is 2.57 bits per heavy atom. The standard InChI is InChI=1S/C18H17N3O2/c1-19-14-8-5-6-12-10-11-15(22)18(17(12)14)21-20-13-7-3-4-9-16(13)23-2/h3-11,19,22H,1-2H3. The maximum Gasteiger partial charge on any atom is 0.146 e. The van der Waals surface area contributed by atoms with E-state index in [4.69, 9.17) is 4.74 Å². The van der Waals surface area contributed by atoms with Crippen LogP contribution in [0, 0.1) is 0 Å². The molecule has 116 valence electrons. The maximum absolute atomic E-state index is 10.2. The summed E-state index contributed by atoms with van der Waals surface area (Å²) in [5, 5.41) is 23.7. The number of rotatable bonds is 4. The molecule has 0 unspecified atom stereocenters. The van der Waals surface area contributed by atoms with Gasteiger partial charge >= 0.3 is 0 Å². The van der Waals surface area contributed by atoms with E-state index < -0.39 is 0 Å². The number of para-hydroxylation sites is 1. The number of hydrogen-bond donors (Lipinski definition) is 2. The Morgan fingerprint density at radius 2 is 1.78 bits per heavy atom. The quantitative estimate of drug-likeness (QED) is 0.666. The van der Waals surface area contributed by atoms with Crippen LogP contribution in [0.2, 0.25) is 0 Å². The number of aromatic hydroxyl groups is 1. The van der Waals surface area contributed by atoms with Crippen LogP contribution >= 0.6 is 0 Å². The van der Waals surface area contributed by atoms with Gasteiger partial charge in [0.1, 0.15) is 22.9 Å². The van der Waals surface area contributed by atoms with Gasteiger partial charge in [-0.3, -0.25) is 0 Å². The van der Waals surface area contributed by atoms with Gasteiger partial charge in [-0.1, -0.05) is 30.3 Å².